The molecule has 0 radical (unpaired) electrons. The van der Waals surface area contributed by atoms with E-state index >= 15 is 0 Å². The molecule has 0 atom stereocenters. The van der Waals surface area contributed by atoms with Gasteiger partial charge in [-0.3, -0.25) is 4.79 Å². The first-order valence-electron chi connectivity index (χ1n) is 8.07. The third kappa shape index (κ3) is 4.05. The molecule has 22 heavy (non-hydrogen) atoms. The van der Waals surface area contributed by atoms with Crippen molar-refractivity contribution >= 4 is 18.3 Å². The Bertz CT molecular complexity index is 516. The zero-order chi connectivity index (χ0) is 15.6. The van der Waals surface area contributed by atoms with Crippen molar-refractivity contribution in [3.8, 4) is 0 Å². The third-order valence-corrected chi connectivity index (χ3v) is 4.63. The van der Waals surface area contributed by atoms with E-state index < -0.39 is 0 Å². The minimum atomic E-state index is -0.371. The normalized spacial score (nSPS) is 16.2. The molecule has 2 rings (SSSR count). The van der Waals surface area contributed by atoms with Crippen LogP contribution in [0, 0.1) is 13.8 Å². The average Bonchev–Trinajstić information content (AvgIpc) is 2.74. The van der Waals surface area contributed by atoms with Gasteiger partial charge in [0.25, 0.3) is 5.91 Å². The standard InChI is InChI=1S/C17H29N3O.ClH/c1-12-10-15(16(21)19-17(3,4)11-18)13(2)20(12)14-8-6-5-7-9-14;/h10,14H,5-9,11,18H2,1-4H3,(H,19,21);1H. The number of halogens is 1. The highest BCUT2D eigenvalue weighted by molar-refractivity contribution is 5.96. The summed E-state index contributed by atoms with van der Waals surface area (Å²) in [5.74, 6) is -0.0133. The fourth-order valence-electron chi connectivity index (χ4n) is 3.33. The van der Waals surface area contributed by atoms with Gasteiger partial charge >= 0.3 is 0 Å². The molecule has 0 aliphatic heterocycles. The zero-order valence-electron chi connectivity index (χ0n) is 14.2. The van der Waals surface area contributed by atoms with Crippen molar-refractivity contribution in [2.24, 2.45) is 5.73 Å². The smallest absolute Gasteiger partial charge is 0.253 e. The zero-order valence-corrected chi connectivity index (χ0v) is 15.1. The van der Waals surface area contributed by atoms with Crippen LogP contribution in [0.3, 0.4) is 0 Å². The number of hydrogen-bond donors (Lipinski definition) is 2. The number of rotatable bonds is 4. The van der Waals surface area contributed by atoms with Gasteiger partial charge in [-0.05, 0) is 46.6 Å². The lowest BCUT2D eigenvalue weighted by atomic mass is 9.95. The third-order valence-electron chi connectivity index (χ3n) is 4.63. The van der Waals surface area contributed by atoms with Crippen LogP contribution in [0.2, 0.25) is 0 Å². The largest absolute Gasteiger partial charge is 0.346 e. The molecule has 4 nitrogen and oxygen atoms in total. The summed E-state index contributed by atoms with van der Waals surface area (Å²) in [7, 11) is 0. The lowest BCUT2D eigenvalue weighted by Gasteiger charge is -2.27. The number of carbonyl (C=O) groups is 1. The van der Waals surface area contributed by atoms with Gasteiger partial charge in [0.15, 0.2) is 0 Å². The van der Waals surface area contributed by atoms with Gasteiger partial charge in [-0.2, -0.15) is 0 Å². The van der Waals surface area contributed by atoms with E-state index in [1.54, 1.807) is 0 Å². The maximum atomic E-state index is 12.5. The van der Waals surface area contributed by atoms with Crippen molar-refractivity contribution < 1.29 is 4.79 Å². The van der Waals surface area contributed by atoms with E-state index in [-0.39, 0.29) is 23.9 Å². The molecular weight excluding hydrogens is 298 g/mol. The molecular formula is C17H30ClN3O. The Morgan fingerprint density at radius 2 is 1.91 bits per heavy atom. The van der Waals surface area contributed by atoms with E-state index in [1.165, 1.54) is 37.8 Å². The number of aromatic nitrogens is 1. The second-order valence-electron chi connectivity index (χ2n) is 6.99. The van der Waals surface area contributed by atoms with Crippen molar-refractivity contribution in [2.75, 3.05) is 6.54 Å². The van der Waals surface area contributed by atoms with Crippen LogP contribution in [0.25, 0.3) is 0 Å². The minimum Gasteiger partial charge on any atom is -0.346 e. The van der Waals surface area contributed by atoms with Gasteiger partial charge in [0, 0.05) is 29.5 Å². The van der Waals surface area contributed by atoms with Gasteiger partial charge in [0.05, 0.1) is 5.56 Å². The lowest BCUT2D eigenvalue weighted by Crippen LogP contribution is -2.48. The van der Waals surface area contributed by atoms with Gasteiger partial charge in [0.2, 0.25) is 0 Å². The number of nitrogens with two attached hydrogens (primary N) is 1. The molecule has 1 aliphatic carbocycles. The Hall–Kier alpha value is -1.000. The van der Waals surface area contributed by atoms with E-state index in [2.05, 4.69) is 23.7 Å². The fraction of sp³-hybridized carbons (Fsp3) is 0.706. The molecule has 0 aromatic carbocycles. The summed E-state index contributed by atoms with van der Waals surface area (Å²) >= 11 is 0. The molecule has 0 spiro atoms. The van der Waals surface area contributed by atoms with Crippen molar-refractivity contribution in [1.82, 2.24) is 9.88 Å². The Labute approximate surface area is 140 Å². The topological polar surface area (TPSA) is 60.1 Å². The van der Waals surface area contributed by atoms with Gasteiger partial charge in [-0.15, -0.1) is 12.4 Å². The summed E-state index contributed by atoms with van der Waals surface area (Å²) in [6.07, 6.45) is 6.39. The lowest BCUT2D eigenvalue weighted by molar-refractivity contribution is 0.0915. The Balaban J connectivity index is 0.00000242. The molecule has 0 saturated heterocycles. The molecule has 3 N–H and O–H groups in total. The maximum Gasteiger partial charge on any atom is 0.253 e. The fourth-order valence-corrected chi connectivity index (χ4v) is 3.33. The van der Waals surface area contributed by atoms with E-state index in [4.69, 9.17) is 5.73 Å². The van der Waals surface area contributed by atoms with Crippen LogP contribution in [0.5, 0.6) is 0 Å². The predicted molar refractivity (Wildman–Crippen MR) is 93.9 cm³/mol. The van der Waals surface area contributed by atoms with Gasteiger partial charge < -0.3 is 15.6 Å². The summed E-state index contributed by atoms with van der Waals surface area (Å²) in [6, 6.07) is 2.58. The monoisotopic (exact) mass is 327 g/mol. The van der Waals surface area contributed by atoms with Crippen molar-refractivity contribution in [2.45, 2.75) is 71.4 Å². The minimum absolute atomic E-state index is 0. The highest BCUT2D eigenvalue weighted by Gasteiger charge is 2.25. The first-order valence-corrected chi connectivity index (χ1v) is 8.07. The van der Waals surface area contributed by atoms with Crippen molar-refractivity contribution in [3.63, 3.8) is 0 Å². The molecule has 1 aliphatic rings. The second-order valence-corrected chi connectivity index (χ2v) is 6.99. The van der Waals surface area contributed by atoms with Gasteiger partial charge in [-0.1, -0.05) is 19.3 Å². The summed E-state index contributed by atoms with van der Waals surface area (Å²) in [5, 5.41) is 3.03. The van der Waals surface area contributed by atoms with Crippen LogP contribution in [0.1, 0.15) is 73.7 Å². The van der Waals surface area contributed by atoms with Crippen LogP contribution in [-0.2, 0) is 0 Å². The first kappa shape index (κ1) is 19.0. The van der Waals surface area contributed by atoms with Gasteiger partial charge in [-0.25, -0.2) is 0 Å². The molecule has 1 aromatic heterocycles. The molecule has 1 aromatic rings. The summed E-state index contributed by atoms with van der Waals surface area (Å²) in [6.45, 7) is 8.50. The van der Waals surface area contributed by atoms with Crippen LogP contribution >= 0.6 is 12.4 Å². The van der Waals surface area contributed by atoms with Crippen LogP contribution in [0.4, 0.5) is 0 Å². The number of nitrogens with one attached hydrogen (secondary N) is 1. The van der Waals surface area contributed by atoms with E-state index in [9.17, 15) is 4.79 Å². The average molecular weight is 328 g/mol. The second kappa shape index (κ2) is 7.51. The number of aryl methyl sites for hydroxylation is 1. The highest BCUT2D eigenvalue weighted by atomic mass is 35.5. The summed E-state index contributed by atoms with van der Waals surface area (Å²) in [5.41, 5.74) is 8.40. The maximum absolute atomic E-state index is 12.5. The number of nitrogens with zero attached hydrogens (tertiary/aromatic N) is 1. The Morgan fingerprint density at radius 1 is 1.32 bits per heavy atom. The molecule has 1 heterocycles. The van der Waals surface area contributed by atoms with Crippen LogP contribution in [-0.4, -0.2) is 22.6 Å². The number of amides is 1. The molecule has 126 valence electrons. The van der Waals surface area contributed by atoms with E-state index in [0.29, 0.717) is 12.6 Å². The van der Waals surface area contributed by atoms with Crippen molar-refractivity contribution in [3.05, 3.63) is 23.0 Å². The van der Waals surface area contributed by atoms with Crippen molar-refractivity contribution in [1.29, 1.82) is 0 Å². The number of hydrogen-bond acceptors (Lipinski definition) is 2. The summed E-state index contributed by atoms with van der Waals surface area (Å²) in [4.78, 5) is 12.5. The Morgan fingerprint density at radius 3 is 2.45 bits per heavy atom. The van der Waals surface area contributed by atoms with Crippen LogP contribution in [0.15, 0.2) is 6.07 Å². The first-order chi connectivity index (χ1) is 9.85. The Kier molecular flexibility index (Phi) is 6.50. The van der Waals surface area contributed by atoms with E-state index in [1.807, 2.05) is 19.9 Å². The molecule has 0 bridgehead atoms. The SMILES string of the molecule is Cc1cc(C(=O)NC(C)(C)CN)c(C)n1C1CCCCC1.Cl. The predicted octanol–water partition coefficient (Wildman–Crippen LogP) is 3.50. The van der Waals surface area contributed by atoms with Gasteiger partial charge in [0.1, 0.15) is 0 Å². The van der Waals surface area contributed by atoms with E-state index in [0.717, 1.165) is 11.3 Å². The summed E-state index contributed by atoms with van der Waals surface area (Å²) < 4.78 is 2.36. The quantitative estimate of drug-likeness (QED) is 0.889. The number of carbonyl (C=O) groups excluding carboxylic acids is 1. The molecule has 5 heteroatoms. The van der Waals surface area contributed by atoms with Crippen LogP contribution < -0.4 is 11.1 Å². The molecule has 1 amide bonds. The molecule has 0 unspecified atom stereocenters. The molecule has 1 fully saturated rings. The molecule has 1 saturated carbocycles. The highest BCUT2D eigenvalue weighted by Crippen LogP contribution is 2.32.